The minimum Gasteiger partial charge on any atom is -0.329 e. The van der Waals surface area contributed by atoms with E-state index in [2.05, 4.69) is 63.8 Å². The van der Waals surface area contributed by atoms with Crippen molar-refractivity contribution in [3.8, 4) is 0 Å². The summed E-state index contributed by atoms with van der Waals surface area (Å²) in [6.07, 6.45) is 0. The zero-order chi connectivity index (χ0) is 14.5. The van der Waals surface area contributed by atoms with Gasteiger partial charge in [0.2, 0.25) is 0 Å². The zero-order valence-corrected chi connectivity index (χ0v) is 14.1. The van der Waals surface area contributed by atoms with Gasteiger partial charge in [-0.05, 0) is 23.6 Å². The summed E-state index contributed by atoms with van der Waals surface area (Å²) in [4.78, 5) is 5.09. The van der Waals surface area contributed by atoms with Gasteiger partial charge in [0.25, 0.3) is 0 Å². The normalized spacial score (nSPS) is 19.4. The standard InChI is InChI=1S/C16H26BrN3/c1-13(2)12-19-7-9-20(10-8-19)16(11-18)14-3-5-15(17)6-4-14/h3-6,13,16H,7-12,18H2,1-2H3. The zero-order valence-electron chi connectivity index (χ0n) is 12.6. The molecule has 0 radical (unpaired) electrons. The number of hydrogen-bond donors (Lipinski definition) is 1. The monoisotopic (exact) mass is 339 g/mol. The van der Waals surface area contributed by atoms with Crippen LogP contribution in [0.4, 0.5) is 0 Å². The minimum absolute atomic E-state index is 0.351. The number of piperazine rings is 1. The first kappa shape index (κ1) is 16.0. The number of halogens is 1. The van der Waals surface area contributed by atoms with Crippen molar-refractivity contribution in [3.63, 3.8) is 0 Å². The van der Waals surface area contributed by atoms with Crippen LogP contribution in [0.25, 0.3) is 0 Å². The fourth-order valence-electron chi connectivity index (χ4n) is 2.95. The van der Waals surface area contributed by atoms with Gasteiger partial charge in [-0.15, -0.1) is 0 Å². The molecule has 1 aliphatic rings. The van der Waals surface area contributed by atoms with Crippen molar-refractivity contribution in [3.05, 3.63) is 34.3 Å². The first-order chi connectivity index (χ1) is 9.60. The first-order valence-electron chi connectivity index (χ1n) is 7.52. The van der Waals surface area contributed by atoms with Crippen LogP contribution in [0.2, 0.25) is 0 Å². The van der Waals surface area contributed by atoms with E-state index in [9.17, 15) is 0 Å². The van der Waals surface area contributed by atoms with Crippen molar-refractivity contribution < 1.29 is 0 Å². The second kappa shape index (κ2) is 7.55. The second-order valence-electron chi connectivity index (χ2n) is 6.03. The molecule has 1 heterocycles. The number of nitrogens with zero attached hydrogens (tertiary/aromatic N) is 2. The van der Waals surface area contributed by atoms with Gasteiger partial charge in [-0.1, -0.05) is 41.9 Å². The molecule has 1 unspecified atom stereocenters. The molecule has 1 aliphatic heterocycles. The molecule has 20 heavy (non-hydrogen) atoms. The fraction of sp³-hybridized carbons (Fsp3) is 0.625. The first-order valence-corrected chi connectivity index (χ1v) is 8.31. The predicted molar refractivity (Wildman–Crippen MR) is 88.8 cm³/mol. The highest BCUT2D eigenvalue weighted by Gasteiger charge is 2.24. The molecule has 112 valence electrons. The lowest BCUT2D eigenvalue weighted by Gasteiger charge is -2.39. The molecule has 0 bridgehead atoms. The summed E-state index contributed by atoms with van der Waals surface area (Å²) >= 11 is 3.49. The molecule has 1 aromatic carbocycles. The highest BCUT2D eigenvalue weighted by Crippen LogP contribution is 2.23. The number of rotatable bonds is 5. The average Bonchev–Trinajstić information content (AvgIpc) is 2.43. The van der Waals surface area contributed by atoms with Gasteiger partial charge in [0.15, 0.2) is 0 Å². The van der Waals surface area contributed by atoms with Crippen molar-refractivity contribution >= 4 is 15.9 Å². The third-order valence-electron chi connectivity index (χ3n) is 3.95. The Morgan fingerprint density at radius 3 is 2.20 bits per heavy atom. The summed E-state index contributed by atoms with van der Waals surface area (Å²) in [6.45, 7) is 11.0. The molecule has 1 saturated heterocycles. The molecule has 0 aromatic heterocycles. The van der Waals surface area contributed by atoms with Crippen molar-refractivity contribution in [1.82, 2.24) is 9.80 Å². The molecule has 0 amide bonds. The minimum atomic E-state index is 0.351. The molecule has 1 fully saturated rings. The summed E-state index contributed by atoms with van der Waals surface area (Å²) in [7, 11) is 0. The molecule has 2 N–H and O–H groups in total. The van der Waals surface area contributed by atoms with Crippen LogP contribution < -0.4 is 5.73 Å². The van der Waals surface area contributed by atoms with E-state index in [1.807, 2.05) is 0 Å². The Morgan fingerprint density at radius 2 is 1.70 bits per heavy atom. The average molecular weight is 340 g/mol. The lowest BCUT2D eigenvalue weighted by Crippen LogP contribution is -2.49. The van der Waals surface area contributed by atoms with Crippen molar-refractivity contribution in [2.24, 2.45) is 11.7 Å². The molecule has 3 nitrogen and oxygen atoms in total. The van der Waals surface area contributed by atoms with E-state index in [0.29, 0.717) is 12.6 Å². The highest BCUT2D eigenvalue weighted by molar-refractivity contribution is 9.10. The molecule has 0 spiro atoms. The Hall–Kier alpha value is -0.420. The Bertz CT molecular complexity index is 397. The maximum absolute atomic E-state index is 6.02. The van der Waals surface area contributed by atoms with E-state index >= 15 is 0 Å². The molecule has 1 atom stereocenters. The van der Waals surface area contributed by atoms with Crippen molar-refractivity contribution in [1.29, 1.82) is 0 Å². The Labute approximate surface area is 131 Å². The van der Waals surface area contributed by atoms with Crippen molar-refractivity contribution in [2.45, 2.75) is 19.9 Å². The summed E-state index contributed by atoms with van der Waals surface area (Å²) in [5.74, 6) is 0.748. The SMILES string of the molecule is CC(C)CN1CCN(C(CN)c2ccc(Br)cc2)CC1. The summed E-state index contributed by atoms with van der Waals surface area (Å²) in [6, 6.07) is 8.92. The van der Waals surface area contributed by atoms with Crippen LogP contribution in [0.3, 0.4) is 0 Å². The quantitative estimate of drug-likeness (QED) is 0.895. The van der Waals surface area contributed by atoms with Crippen LogP contribution in [-0.4, -0.2) is 49.1 Å². The van der Waals surface area contributed by atoms with Crippen LogP contribution in [-0.2, 0) is 0 Å². The van der Waals surface area contributed by atoms with E-state index in [1.54, 1.807) is 0 Å². The third kappa shape index (κ3) is 4.29. The van der Waals surface area contributed by atoms with Gasteiger partial charge in [0, 0.05) is 49.8 Å². The van der Waals surface area contributed by atoms with E-state index in [4.69, 9.17) is 5.73 Å². The maximum atomic E-state index is 6.02. The van der Waals surface area contributed by atoms with Gasteiger partial charge >= 0.3 is 0 Å². The summed E-state index contributed by atoms with van der Waals surface area (Å²) in [5.41, 5.74) is 7.35. The second-order valence-corrected chi connectivity index (χ2v) is 6.95. The van der Waals surface area contributed by atoms with Crippen LogP contribution in [0.5, 0.6) is 0 Å². The molecular formula is C16H26BrN3. The maximum Gasteiger partial charge on any atom is 0.0471 e. The molecular weight excluding hydrogens is 314 g/mol. The largest absolute Gasteiger partial charge is 0.329 e. The Morgan fingerprint density at radius 1 is 1.10 bits per heavy atom. The molecule has 4 heteroatoms. The Kier molecular flexibility index (Phi) is 6.02. The summed E-state index contributed by atoms with van der Waals surface area (Å²) < 4.78 is 1.12. The van der Waals surface area contributed by atoms with Gasteiger partial charge in [-0.25, -0.2) is 0 Å². The van der Waals surface area contributed by atoms with Crippen LogP contribution in [0.1, 0.15) is 25.5 Å². The molecule has 2 rings (SSSR count). The lowest BCUT2D eigenvalue weighted by atomic mass is 10.0. The van der Waals surface area contributed by atoms with E-state index in [1.165, 1.54) is 12.1 Å². The van der Waals surface area contributed by atoms with Gasteiger partial charge in [-0.2, -0.15) is 0 Å². The lowest BCUT2D eigenvalue weighted by molar-refractivity contribution is 0.0912. The third-order valence-corrected chi connectivity index (χ3v) is 4.48. The van der Waals surface area contributed by atoms with Crippen molar-refractivity contribution in [2.75, 3.05) is 39.3 Å². The van der Waals surface area contributed by atoms with Gasteiger partial charge in [-0.3, -0.25) is 4.90 Å². The van der Waals surface area contributed by atoms with E-state index in [0.717, 1.165) is 36.6 Å². The van der Waals surface area contributed by atoms with Crippen LogP contribution in [0.15, 0.2) is 28.7 Å². The molecule has 0 aliphatic carbocycles. The number of hydrogen-bond acceptors (Lipinski definition) is 3. The topological polar surface area (TPSA) is 32.5 Å². The number of benzene rings is 1. The van der Waals surface area contributed by atoms with Crippen LogP contribution >= 0.6 is 15.9 Å². The van der Waals surface area contributed by atoms with Gasteiger partial charge in [0.05, 0.1) is 0 Å². The predicted octanol–water partition coefficient (Wildman–Crippen LogP) is 2.72. The smallest absolute Gasteiger partial charge is 0.0471 e. The van der Waals surface area contributed by atoms with Crippen LogP contribution in [0, 0.1) is 5.92 Å². The summed E-state index contributed by atoms with van der Waals surface area (Å²) in [5, 5.41) is 0. The highest BCUT2D eigenvalue weighted by atomic mass is 79.9. The fourth-order valence-corrected chi connectivity index (χ4v) is 3.22. The van der Waals surface area contributed by atoms with Gasteiger partial charge in [0.1, 0.15) is 0 Å². The van der Waals surface area contributed by atoms with Gasteiger partial charge < -0.3 is 10.6 Å². The molecule has 0 saturated carbocycles. The Balaban J connectivity index is 1.95. The molecule has 1 aromatic rings. The number of nitrogens with two attached hydrogens (primary N) is 1. The van der Waals surface area contributed by atoms with E-state index < -0.39 is 0 Å². The van der Waals surface area contributed by atoms with E-state index in [-0.39, 0.29) is 0 Å².